The van der Waals surface area contributed by atoms with Crippen LogP contribution in [-0.2, 0) is 0 Å². The number of thiocarbonyl (C=S) groups is 1. The van der Waals surface area contributed by atoms with Crippen LogP contribution >= 0.6 is 12.2 Å². The van der Waals surface area contributed by atoms with Crippen LogP contribution in [-0.4, -0.2) is 10.1 Å². The van der Waals surface area contributed by atoms with Crippen LogP contribution in [0.3, 0.4) is 0 Å². The Morgan fingerprint density at radius 1 is 1.83 bits per heavy atom. The van der Waals surface area contributed by atoms with Crippen LogP contribution in [0.1, 0.15) is 0 Å². The molecule has 0 aliphatic rings. The molecule has 0 amide bonds. The smallest absolute Gasteiger partial charge is 0.0992 e. The van der Waals surface area contributed by atoms with Crippen LogP contribution in [0.25, 0.3) is 0 Å². The van der Waals surface area contributed by atoms with Crippen molar-refractivity contribution in [2.45, 2.75) is 0 Å². The lowest BCUT2D eigenvalue weighted by atomic mass is 10.6. The molecule has 34 valence electrons. The first kappa shape index (κ1) is 5.43. The minimum atomic E-state index is 0.192. The third kappa shape index (κ3) is 3.43. The second kappa shape index (κ2) is 2.66. The molecule has 0 bridgehead atoms. The van der Waals surface area contributed by atoms with Crippen LogP contribution < -0.4 is 5.73 Å². The van der Waals surface area contributed by atoms with Gasteiger partial charge in [0.2, 0.25) is 0 Å². The largest absolute Gasteiger partial charge is 0.515 e. The van der Waals surface area contributed by atoms with E-state index in [4.69, 9.17) is 10.8 Å². The summed E-state index contributed by atoms with van der Waals surface area (Å²) < 4.78 is 0. The fourth-order valence-corrected chi connectivity index (χ4v) is 0.134. The fraction of sp³-hybridized carbons (Fsp3) is 0. The summed E-state index contributed by atoms with van der Waals surface area (Å²) in [4.78, 5) is 0.192. The summed E-state index contributed by atoms with van der Waals surface area (Å²) >= 11 is 4.33. The molecule has 0 aliphatic carbocycles. The van der Waals surface area contributed by atoms with Crippen molar-refractivity contribution >= 4 is 17.2 Å². The van der Waals surface area contributed by atoms with E-state index in [1.54, 1.807) is 0 Å². The Morgan fingerprint density at radius 2 is 2.33 bits per heavy atom. The van der Waals surface area contributed by atoms with Gasteiger partial charge in [0.05, 0.1) is 11.3 Å². The number of rotatable bonds is 1. The van der Waals surface area contributed by atoms with Crippen LogP contribution in [0.2, 0.25) is 0 Å². The summed E-state index contributed by atoms with van der Waals surface area (Å²) in [6.45, 7) is 0. The van der Waals surface area contributed by atoms with Crippen molar-refractivity contribution in [2.24, 2.45) is 5.73 Å². The van der Waals surface area contributed by atoms with Crippen molar-refractivity contribution in [3.63, 3.8) is 0 Å². The number of aliphatic hydroxyl groups excluding tert-OH is 1. The first-order valence-electron chi connectivity index (χ1n) is 1.37. The zero-order chi connectivity index (χ0) is 4.99. The van der Waals surface area contributed by atoms with Gasteiger partial charge in [0.15, 0.2) is 0 Å². The van der Waals surface area contributed by atoms with Crippen molar-refractivity contribution in [3.05, 3.63) is 12.3 Å². The third-order valence-electron chi connectivity index (χ3n) is 0.239. The SMILES string of the molecule is NC(=S)C=CO. The van der Waals surface area contributed by atoms with Crippen molar-refractivity contribution in [2.75, 3.05) is 0 Å². The van der Waals surface area contributed by atoms with Crippen LogP contribution in [0.4, 0.5) is 0 Å². The van der Waals surface area contributed by atoms with E-state index >= 15 is 0 Å². The molecule has 0 aromatic heterocycles. The fourth-order valence-electron chi connectivity index (χ4n) is 0.0735. The predicted molar refractivity (Wildman–Crippen MR) is 28.6 cm³/mol. The summed E-state index contributed by atoms with van der Waals surface area (Å²) in [6.07, 6.45) is 2.04. The van der Waals surface area contributed by atoms with Crippen LogP contribution in [0.5, 0.6) is 0 Å². The summed E-state index contributed by atoms with van der Waals surface area (Å²) in [5, 5.41) is 7.89. The molecule has 2 nitrogen and oxygen atoms in total. The van der Waals surface area contributed by atoms with E-state index in [1.807, 2.05) is 0 Å². The molecule has 0 radical (unpaired) electrons. The minimum absolute atomic E-state index is 0.192. The van der Waals surface area contributed by atoms with E-state index in [1.165, 1.54) is 6.08 Å². The molecule has 6 heavy (non-hydrogen) atoms. The molecule has 0 aromatic carbocycles. The minimum Gasteiger partial charge on any atom is -0.515 e. The monoisotopic (exact) mass is 103 g/mol. The first-order valence-corrected chi connectivity index (χ1v) is 1.78. The van der Waals surface area contributed by atoms with Gasteiger partial charge in [-0.1, -0.05) is 12.2 Å². The Labute approximate surface area is 41.3 Å². The summed E-state index contributed by atoms with van der Waals surface area (Å²) in [6, 6.07) is 0. The molecule has 0 atom stereocenters. The number of hydrogen-bond donors (Lipinski definition) is 2. The highest BCUT2D eigenvalue weighted by atomic mass is 32.1. The third-order valence-corrected chi connectivity index (χ3v) is 0.375. The molecule has 3 N–H and O–H groups in total. The maximum atomic E-state index is 7.89. The average Bonchev–Trinajstić information content (AvgIpc) is 1.35. The highest BCUT2D eigenvalue weighted by molar-refractivity contribution is 7.80. The van der Waals surface area contributed by atoms with E-state index < -0.39 is 0 Å². The summed E-state index contributed by atoms with van der Waals surface area (Å²) in [5.74, 6) is 0. The Hall–Kier alpha value is -0.570. The molecule has 0 saturated heterocycles. The Kier molecular flexibility index (Phi) is 2.40. The van der Waals surface area contributed by atoms with E-state index in [-0.39, 0.29) is 4.99 Å². The molecular weight excluding hydrogens is 98.1 g/mol. The van der Waals surface area contributed by atoms with Crippen molar-refractivity contribution in [1.82, 2.24) is 0 Å². The van der Waals surface area contributed by atoms with E-state index in [0.717, 1.165) is 6.26 Å². The Morgan fingerprint density at radius 3 is 2.33 bits per heavy atom. The van der Waals surface area contributed by atoms with Gasteiger partial charge in [-0.05, 0) is 0 Å². The van der Waals surface area contributed by atoms with Gasteiger partial charge in [0.25, 0.3) is 0 Å². The normalized spacial score (nSPS) is 9.33. The number of nitrogens with two attached hydrogens (primary N) is 1. The van der Waals surface area contributed by atoms with Gasteiger partial charge < -0.3 is 10.8 Å². The second-order valence-electron chi connectivity index (χ2n) is 0.718. The zero-order valence-corrected chi connectivity index (χ0v) is 3.90. The summed E-state index contributed by atoms with van der Waals surface area (Å²) in [5.41, 5.74) is 4.89. The van der Waals surface area contributed by atoms with Gasteiger partial charge >= 0.3 is 0 Å². The molecule has 0 fully saturated rings. The Balaban J connectivity index is 3.30. The molecule has 0 aromatic rings. The first-order chi connectivity index (χ1) is 2.77. The average molecular weight is 103 g/mol. The molecule has 0 spiro atoms. The van der Waals surface area contributed by atoms with Gasteiger partial charge in [-0.3, -0.25) is 0 Å². The number of hydrogen-bond acceptors (Lipinski definition) is 2. The van der Waals surface area contributed by atoms with Crippen molar-refractivity contribution in [3.8, 4) is 0 Å². The molecule has 3 heteroatoms. The molecule has 0 heterocycles. The zero-order valence-electron chi connectivity index (χ0n) is 3.09. The van der Waals surface area contributed by atoms with Crippen molar-refractivity contribution < 1.29 is 5.11 Å². The standard InChI is InChI=1S/C3H5NOS/c4-3(6)1-2-5/h1-2,5H,(H2,4,6). The van der Waals surface area contributed by atoms with Crippen LogP contribution in [0, 0.1) is 0 Å². The molecular formula is C3H5NOS. The van der Waals surface area contributed by atoms with Gasteiger partial charge in [-0.2, -0.15) is 0 Å². The van der Waals surface area contributed by atoms with Crippen LogP contribution in [0.15, 0.2) is 12.3 Å². The maximum absolute atomic E-state index is 7.89. The van der Waals surface area contributed by atoms with E-state index in [9.17, 15) is 0 Å². The topological polar surface area (TPSA) is 46.2 Å². The molecule has 0 aliphatic heterocycles. The molecule has 0 rings (SSSR count). The van der Waals surface area contributed by atoms with Gasteiger partial charge in [0.1, 0.15) is 0 Å². The Bertz CT molecular complexity index is 78.9. The van der Waals surface area contributed by atoms with Crippen molar-refractivity contribution in [1.29, 1.82) is 0 Å². The van der Waals surface area contributed by atoms with Gasteiger partial charge in [-0.25, -0.2) is 0 Å². The lowest BCUT2D eigenvalue weighted by Crippen LogP contribution is -2.01. The molecule has 0 unspecified atom stereocenters. The van der Waals surface area contributed by atoms with Gasteiger partial charge in [-0.15, -0.1) is 0 Å². The maximum Gasteiger partial charge on any atom is 0.0992 e. The van der Waals surface area contributed by atoms with E-state index in [0.29, 0.717) is 0 Å². The number of aliphatic hydroxyl groups is 1. The highest BCUT2D eigenvalue weighted by Crippen LogP contribution is 1.64. The lowest BCUT2D eigenvalue weighted by Gasteiger charge is -1.74. The quantitative estimate of drug-likeness (QED) is 0.286. The van der Waals surface area contributed by atoms with E-state index in [2.05, 4.69) is 12.2 Å². The summed E-state index contributed by atoms with van der Waals surface area (Å²) in [7, 11) is 0. The predicted octanol–water partition coefficient (Wildman–Crippen LogP) is 0.344. The second-order valence-corrected chi connectivity index (χ2v) is 1.19. The highest BCUT2D eigenvalue weighted by Gasteiger charge is 1.68. The van der Waals surface area contributed by atoms with Gasteiger partial charge in [0, 0.05) is 6.08 Å². The lowest BCUT2D eigenvalue weighted by molar-refractivity contribution is 0.474. The molecule has 0 saturated carbocycles.